The highest BCUT2D eigenvalue weighted by atomic mass is 79.9. The van der Waals surface area contributed by atoms with Crippen LogP contribution in [0.5, 0.6) is 0 Å². The lowest BCUT2D eigenvalue weighted by Gasteiger charge is -2.02. The zero-order chi connectivity index (χ0) is 13.2. The first-order valence-corrected chi connectivity index (χ1v) is 7.06. The molecule has 96 valence electrons. The standard InChI is InChI=1S/C15H14BrN3/c1-11-3-2-4-12(9-11)5-6-14-17-18-15-10-13(16)7-8-19(14)15/h2-4,7-10H,5-6H2,1H3. The number of aromatic nitrogens is 3. The van der Waals surface area contributed by atoms with Crippen molar-refractivity contribution in [3.8, 4) is 0 Å². The minimum absolute atomic E-state index is 0.883. The summed E-state index contributed by atoms with van der Waals surface area (Å²) in [7, 11) is 0. The largest absolute Gasteiger partial charge is 0.286 e. The van der Waals surface area contributed by atoms with Gasteiger partial charge < -0.3 is 0 Å². The van der Waals surface area contributed by atoms with E-state index in [0.29, 0.717) is 0 Å². The molecule has 0 radical (unpaired) electrons. The third-order valence-electron chi connectivity index (χ3n) is 3.16. The molecule has 3 nitrogen and oxygen atoms in total. The van der Waals surface area contributed by atoms with Crippen LogP contribution in [0.3, 0.4) is 0 Å². The summed E-state index contributed by atoms with van der Waals surface area (Å²) in [6.45, 7) is 2.12. The van der Waals surface area contributed by atoms with Gasteiger partial charge in [0.25, 0.3) is 0 Å². The van der Waals surface area contributed by atoms with E-state index in [9.17, 15) is 0 Å². The first-order chi connectivity index (χ1) is 9.22. The minimum atomic E-state index is 0.883. The van der Waals surface area contributed by atoms with Crippen LogP contribution in [0.25, 0.3) is 5.65 Å². The Balaban J connectivity index is 1.82. The first kappa shape index (κ1) is 12.4. The van der Waals surface area contributed by atoms with Gasteiger partial charge in [0.2, 0.25) is 0 Å². The second-order valence-electron chi connectivity index (χ2n) is 4.68. The molecule has 0 atom stereocenters. The van der Waals surface area contributed by atoms with E-state index in [-0.39, 0.29) is 0 Å². The van der Waals surface area contributed by atoms with Gasteiger partial charge >= 0.3 is 0 Å². The third kappa shape index (κ3) is 2.68. The summed E-state index contributed by atoms with van der Waals surface area (Å²) in [4.78, 5) is 0. The van der Waals surface area contributed by atoms with Crippen LogP contribution in [-0.4, -0.2) is 14.6 Å². The summed E-state index contributed by atoms with van der Waals surface area (Å²) in [6.07, 6.45) is 3.88. The molecule has 3 aromatic rings. The van der Waals surface area contributed by atoms with Gasteiger partial charge in [-0.1, -0.05) is 45.8 Å². The molecule has 2 aromatic heterocycles. The molecule has 0 N–H and O–H groups in total. The molecule has 3 rings (SSSR count). The fourth-order valence-corrected chi connectivity index (χ4v) is 2.53. The van der Waals surface area contributed by atoms with E-state index in [0.717, 1.165) is 28.8 Å². The Morgan fingerprint density at radius 3 is 2.84 bits per heavy atom. The summed E-state index contributed by atoms with van der Waals surface area (Å²) in [6, 6.07) is 12.6. The SMILES string of the molecule is Cc1cccc(CCc2nnc3cc(Br)ccn23)c1. The molecular formula is C15H14BrN3. The maximum atomic E-state index is 4.27. The highest BCUT2D eigenvalue weighted by Gasteiger charge is 2.05. The quantitative estimate of drug-likeness (QED) is 0.739. The molecule has 1 aromatic carbocycles. The zero-order valence-corrected chi connectivity index (χ0v) is 12.3. The van der Waals surface area contributed by atoms with Gasteiger partial charge in [-0.15, -0.1) is 10.2 Å². The van der Waals surface area contributed by atoms with Gasteiger partial charge in [-0.2, -0.15) is 0 Å². The lowest BCUT2D eigenvalue weighted by Crippen LogP contribution is -1.98. The average molecular weight is 316 g/mol. The molecular weight excluding hydrogens is 302 g/mol. The number of hydrogen-bond acceptors (Lipinski definition) is 2. The molecule has 0 saturated carbocycles. The van der Waals surface area contributed by atoms with Crippen molar-refractivity contribution in [2.75, 3.05) is 0 Å². The summed E-state index contributed by atoms with van der Waals surface area (Å²) in [5.41, 5.74) is 3.52. The Hall–Kier alpha value is -1.68. The van der Waals surface area contributed by atoms with Crippen LogP contribution < -0.4 is 0 Å². The van der Waals surface area contributed by atoms with Crippen molar-refractivity contribution in [3.05, 3.63) is 64.0 Å². The smallest absolute Gasteiger partial charge is 0.161 e. The van der Waals surface area contributed by atoms with E-state index in [4.69, 9.17) is 0 Å². The fourth-order valence-electron chi connectivity index (χ4n) is 2.21. The van der Waals surface area contributed by atoms with E-state index < -0.39 is 0 Å². The van der Waals surface area contributed by atoms with Gasteiger partial charge in [0.05, 0.1) is 0 Å². The predicted octanol–water partition coefficient (Wildman–Crippen LogP) is 3.59. The van der Waals surface area contributed by atoms with E-state index in [2.05, 4.69) is 57.3 Å². The molecule has 0 saturated heterocycles. The van der Waals surface area contributed by atoms with Crippen molar-refractivity contribution in [2.45, 2.75) is 19.8 Å². The Labute approximate surface area is 120 Å². The monoisotopic (exact) mass is 315 g/mol. The van der Waals surface area contributed by atoms with Crippen molar-refractivity contribution in [1.82, 2.24) is 14.6 Å². The summed E-state index contributed by atoms with van der Waals surface area (Å²) in [5, 5.41) is 8.46. The van der Waals surface area contributed by atoms with Crippen LogP contribution in [0.2, 0.25) is 0 Å². The topological polar surface area (TPSA) is 30.2 Å². The van der Waals surface area contributed by atoms with Crippen molar-refractivity contribution >= 4 is 21.6 Å². The number of rotatable bonds is 3. The summed E-state index contributed by atoms with van der Waals surface area (Å²) >= 11 is 3.44. The highest BCUT2D eigenvalue weighted by molar-refractivity contribution is 9.10. The molecule has 0 spiro atoms. The van der Waals surface area contributed by atoms with Crippen LogP contribution >= 0.6 is 15.9 Å². The molecule has 0 unspecified atom stereocenters. The first-order valence-electron chi connectivity index (χ1n) is 6.27. The highest BCUT2D eigenvalue weighted by Crippen LogP contribution is 2.14. The maximum Gasteiger partial charge on any atom is 0.161 e. The lowest BCUT2D eigenvalue weighted by atomic mass is 10.1. The van der Waals surface area contributed by atoms with E-state index in [1.807, 2.05) is 22.7 Å². The molecule has 0 aliphatic carbocycles. The van der Waals surface area contributed by atoms with E-state index >= 15 is 0 Å². The van der Waals surface area contributed by atoms with Crippen molar-refractivity contribution in [2.24, 2.45) is 0 Å². The van der Waals surface area contributed by atoms with Crippen molar-refractivity contribution < 1.29 is 0 Å². The number of aryl methyl sites for hydroxylation is 3. The van der Waals surface area contributed by atoms with Crippen molar-refractivity contribution in [1.29, 1.82) is 0 Å². The Morgan fingerprint density at radius 2 is 2.00 bits per heavy atom. The van der Waals surface area contributed by atoms with Crippen molar-refractivity contribution in [3.63, 3.8) is 0 Å². The van der Waals surface area contributed by atoms with Gasteiger partial charge in [-0.25, -0.2) is 0 Å². The van der Waals surface area contributed by atoms with Crippen LogP contribution in [0.1, 0.15) is 17.0 Å². The second kappa shape index (κ2) is 5.13. The summed E-state index contributed by atoms with van der Waals surface area (Å²) in [5.74, 6) is 1.00. The number of hydrogen-bond donors (Lipinski definition) is 0. The third-order valence-corrected chi connectivity index (χ3v) is 3.66. The number of pyridine rings is 1. The second-order valence-corrected chi connectivity index (χ2v) is 5.59. The molecule has 0 amide bonds. The molecule has 4 heteroatoms. The minimum Gasteiger partial charge on any atom is -0.286 e. The number of nitrogens with zero attached hydrogens (tertiary/aromatic N) is 3. The Kier molecular flexibility index (Phi) is 3.34. The molecule has 19 heavy (non-hydrogen) atoms. The molecule has 2 heterocycles. The van der Waals surface area contributed by atoms with Gasteiger partial charge in [0.1, 0.15) is 5.82 Å². The van der Waals surface area contributed by atoms with Crippen LogP contribution in [-0.2, 0) is 12.8 Å². The maximum absolute atomic E-state index is 4.27. The van der Waals surface area contributed by atoms with Crippen LogP contribution in [0.4, 0.5) is 0 Å². The van der Waals surface area contributed by atoms with Gasteiger partial charge in [0.15, 0.2) is 5.65 Å². The number of benzene rings is 1. The van der Waals surface area contributed by atoms with Crippen LogP contribution in [0.15, 0.2) is 47.1 Å². The van der Waals surface area contributed by atoms with E-state index in [1.165, 1.54) is 11.1 Å². The predicted molar refractivity (Wildman–Crippen MR) is 79.3 cm³/mol. The van der Waals surface area contributed by atoms with E-state index in [1.54, 1.807) is 0 Å². The normalized spacial score (nSPS) is 11.1. The lowest BCUT2D eigenvalue weighted by molar-refractivity contribution is 0.838. The number of halogens is 1. The fraction of sp³-hybridized carbons (Fsp3) is 0.200. The Morgan fingerprint density at radius 1 is 1.11 bits per heavy atom. The van der Waals surface area contributed by atoms with Crippen LogP contribution in [0, 0.1) is 6.92 Å². The summed E-state index contributed by atoms with van der Waals surface area (Å²) < 4.78 is 3.07. The van der Waals surface area contributed by atoms with Gasteiger partial charge in [-0.3, -0.25) is 4.40 Å². The molecule has 0 bridgehead atoms. The average Bonchev–Trinajstić information content (AvgIpc) is 2.78. The Bertz CT molecular complexity index is 718. The molecule has 0 fully saturated rings. The number of fused-ring (bicyclic) bond motifs is 1. The zero-order valence-electron chi connectivity index (χ0n) is 10.7. The van der Waals surface area contributed by atoms with Gasteiger partial charge in [0, 0.05) is 17.1 Å². The molecule has 0 aliphatic rings. The molecule has 0 aliphatic heterocycles. The van der Waals surface area contributed by atoms with Gasteiger partial charge in [-0.05, 0) is 31.0 Å².